The number of carbonyl (C=O) groups is 1. The second-order valence-electron chi connectivity index (χ2n) is 3.45. The predicted molar refractivity (Wildman–Crippen MR) is 80.7 cm³/mol. The number of amides is 1. The number of phenolic OH excluding ortho intramolecular Hbond substituents is 1. The highest BCUT2D eigenvalue weighted by Crippen LogP contribution is 2.23. The highest BCUT2D eigenvalue weighted by Gasteiger charge is 2.13. The SMILES string of the molecule is O=C(Nc1ncccc1Br)c1cc(I)ccc1O. The molecule has 2 aromatic rings. The first-order valence-corrected chi connectivity index (χ1v) is 6.85. The number of phenols is 1. The molecule has 0 saturated carbocycles. The molecule has 0 aliphatic heterocycles. The van der Waals surface area contributed by atoms with Gasteiger partial charge in [-0.05, 0) is 68.9 Å². The normalized spacial score (nSPS) is 10.1. The highest BCUT2D eigenvalue weighted by atomic mass is 127. The van der Waals surface area contributed by atoms with E-state index >= 15 is 0 Å². The van der Waals surface area contributed by atoms with Crippen LogP contribution in [-0.2, 0) is 0 Å². The number of hydrogen-bond donors (Lipinski definition) is 2. The summed E-state index contributed by atoms with van der Waals surface area (Å²) in [6.07, 6.45) is 1.58. The Morgan fingerprint density at radius 2 is 2.17 bits per heavy atom. The second-order valence-corrected chi connectivity index (χ2v) is 5.55. The fraction of sp³-hybridized carbons (Fsp3) is 0. The van der Waals surface area contributed by atoms with Crippen LogP contribution in [0, 0.1) is 3.57 Å². The van der Waals surface area contributed by atoms with Crippen molar-refractivity contribution >= 4 is 50.2 Å². The van der Waals surface area contributed by atoms with Gasteiger partial charge in [-0.15, -0.1) is 0 Å². The summed E-state index contributed by atoms with van der Waals surface area (Å²) in [4.78, 5) is 16.0. The molecule has 6 heteroatoms. The van der Waals surface area contributed by atoms with Gasteiger partial charge in [-0.25, -0.2) is 4.98 Å². The van der Waals surface area contributed by atoms with Crippen LogP contribution in [0.5, 0.6) is 5.75 Å². The maximum absolute atomic E-state index is 12.0. The summed E-state index contributed by atoms with van der Waals surface area (Å²) >= 11 is 5.37. The maximum atomic E-state index is 12.0. The van der Waals surface area contributed by atoms with Gasteiger partial charge in [0.15, 0.2) is 0 Å². The average Bonchev–Trinajstić information content (AvgIpc) is 2.35. The third-order valence-corrected chi connectivity index (χ3v) is 3.50. The first-order valence-electron chi connectivity index (χ1n) is 4.98. The Kier molecular flexibility index (Phi) is 4.18. The Labute approximate surface area is 126 Å². The molecular formula is C12H8BrIN2O2. The predicted octanol–water partition coefficient (Wildman–Crippen LogP) is 3.41. The molecule has 0 aliphatic carbocycles. The smallest absolute Gasteiger partial charge is 0.260 e. The van der Waals surface area contributed by atoms with Crippen LogP contribution < -0.4 is 5.32 Å². The summed E-state index contributed by atoms with van der Waals surface area (Å²) < 4.78 is 1.55. The van der Waals surface area contributed by atoms with Crippen molar-refractivity contribution in [2.24, 2.45) is 0 Å². The molecule has 0 atom stereocenters. The third kappa shape index (κ3) is 2.99. The summed E-state index contributed by atoms with van der Waals surface area (Å²) in [5.41, 5.74) is 0.222. The number of anilines is 1. The number of pyridine rings is 1. The van der Waals surface area contributed by atoms with Gasteiger partial charge in [-0.2, -0.15) is 0 Å². The fourth-order valence-corrected chi connectivity index (χ4v) is 2.19. The van der Waals surface area contributed by atoms with Gasteiger partial charge in [0.05, 0.1) is 10.0 Å². The van der Waals surface area contributed by atoms with E-state index in [1.54, 1.807) is 30.5 Å². The van der Waals surface area contributed by atoms with Crippen LogP contribution in [-0.4, -0.2) is 16.0 Å². The number of benzene rings is 1. The molecular weight excluding hydrogens is 411 g/mol. The highest BCUT2D eigenvalue weighted by molar-refractivity contribution is 14.1. The molecule has 0 spiro atoms. The van der Waals surface area contributed by atoms with Crippen LogP contribution in [0.1, 0.15) is 10.4 Å². The molecule has 1 aromatic carbocycles. The lowest BCUT2D eigenvalue weighted by atomic mass is 10.2. The van der Waals surface area contributed by atoms with Crippen molar-refractivity contribution in [3.63, 3.8) is 0 Å². The third-order valence-electron chi connectivity index (χ3n) is 2.19. The number of nitrogens with zero attached hydrogens (tertiary/aromatic N) is 1. The van der Waals surface area contributed by atoms with E-state index in [0.717, 1.165) is 3.57 Å². The van der Waals surface area contributed by atoms with Crippen LogP contribution in [0.25, 0.3) is 0 Å². The molecule has 0 bridgehead atoms. The van der Waals surface area contributed by atoms with Crippen LogP contribution >= 0.6 is 38.5 Å². The van der Waals surface area contributed by atoms with Crippen molar-refractivity contribution in [3.05, 3.63) is 50.1 Å². The fourth-order valence-electron chi connectivity index (χ4n) is 1.34. The first-order chi connectivity index (χ1) is 8.58. The molecule has 2 N–H and O–H groups in total. The van der Waals surface area contributed by atoms with Crippen LogP contribution in [0.3, 0.4) is 0 Å². The number of rotatable bonds is 2. The van der Waals surface area contributed by atoms with Gasteiger partial charge >= 0.3 is 0 Å². The van der Waals surface area contributed by atoms with Crippen molar-refractivity contribution in [3.8, 4) is 5.75 Å². The summed E-state index contributed by atoms with van der Waals surface area (Å²) in [6.45, 7) is 0. The zero-order valence-corrected chi connectivity index (χ0v) is 12.8. The minimum Gasteiger partial charge on any atom is -0.507 e. The lowest BCUT2D eigenvalue weighted by molar-refractivity contribution is 0.102. The van der Waals surface area contributed by atoms with E-state index in [1.165, 1.54) is 6.07 Å². The molecule has 0 unspecified atom stereocenters. The summed E-state index contributed by atoms with van der Waals surface area (Å²) in [7, 11) is 0. The number of hydrogen-bond acceptors (Lipinski definition) is 3. The molecule has 2 rings (SSSR count). The minimum absolute atomic E-state index is 0.0556. The van der Waals surface area contributed by atoms with Gasteiger partial charge in [0.1, 0.15) is 11.6 Å². The monoisotopic (exact) mass is 418 g/mol. The van der Waals surface area contributed by atoms with E-state index in [2.05, 4.69) is 48.8 Å². The van der Waals surface area contributed by atoms with Gasteiger partial charge in [0.2, 0.25) is 0 Å². The lowest BCUT2D eigenvalue weighted by Gasteiger charge is -2.07. The average molecular weight is 419 g/mol. The Bertz CT molecular complexity index is 604. The number of aromatic nitrogens is 1. The maximum Gasteiger partial charge on any atom is 0.260 e. The summed E-state index contributed by atoms with van der Waals surface area (Å²) in [6, 6.07) is 8.36. The topological polar surface area (TPSA) is 62.2 Å². The van der Waals surface area contributed by atoms with E-state index in [1.807, 2.05) is 0 Å². The molecule has 0 radical (unpaired) electrons. The number of halogens is 2. The van der Waals surface area contributed by atoms with Crippen molar-refractivity contribution in [2.75, 3.05) is 5.32 Å². The number of nitrogens with one attached hydrogen (secondary N) is 1. The largest absolute Gasteiger partial charge is 0.507 e. The van der Waals surface area contributed by atoms with Gasteiger partial charge in [0.25, 0.3) is 5.91 Å². The zero-order chi connectivity index (χ0) is 13.1. The van der Waals surface area contributed by atoms with E-state index < -0.39 is 5.91 Å². The number of aromatic hydroxyl groups is 1. The van der Waals surface area contributed by atoms with Gasteiger partial charge in [0, 0.05) is 9.77 Å². The molecule has 0 saturated heterocycles. The van der Waals surface area contributed by atoms with Crippen LogP contribution in [0.4, 0.5) is 5.82 Å². The quantitative estimate of drug-likeness (QED) is 0.734. The Balaban J connectivity index is 2.28. The zero-order valence-electron chi connectivity index (χ0n) is 9.02. The Morgan fingerprint density at radius 1 is 1.39 bits per heavy atom. The van der Waals surface area contributed by atoms with Crippen molar-refractivity contribution in [1.82, 2.24) is 4.98 Å². The molecule has 1 heterocycles. The first kappa shape index (κ1) is 13.3. The molecule has 92 valence electrons. The standard InChI is InChI=1S/C12H8BrIN2O2/c13-9-2-1-5-15-11(9)16-12(18)8-6-7(14)3-4-10(8)17/h1-6,17H,(H,15,16,18). The van der Waals surface area contributed by atoms with E-state index in [9.17, 15) is 9.90 Å². The molecule has 18 heavy (non-hydrogen) atoms. The lowest BCUT2D eigenvalue weighted by Crippen LogP contribution is -2.13. The van der Waals surface area contributed by atoms with Crippen LogP contribution in [0.15, 0.2) is 41.0 Å². The van der Waals surface area contributed by atoms with Gasteiger partial charge in [-0.1, -0.05) is 0 Å². The Morgan fingerprint density at radius 3 is 2.89 bits per heavy atom. The van der Waals surface area contributed by atoms with Gasteiger partial charge in [-0.3, -0.25) is 4.79 Å². The number of carbonyl (C=O) groups excluding carboxylic acids is 1. The molecule has 1 amide bonds. The second kappa shape index (κ2) is 5.66. The molecule has 4 nitrogen and oxygen atoms in total. The van der Waals surface area contributed by atoms with Crippen molar-refractivity contribution in [2.45, 2.75) is 0 Å². The van der Waals surface area contributed by atoms with E-state index in [4.69, 9.17) is 0 Å². The van der Waals surface area contributed by atoms with Gasteiger partial charge < -0.3 is 10.4 Å². The summed E-state index contributed by atoms with van der Waals surface area (Å²) in [5.74, 6) is -0.0360. The summed E-state index contributed by atoms with van der Waals surface area (Å²) in [5, 5.41) is 12.3. The van der Waals surface area contributed by atoms with Crippen molar-refractivity contribution in [1.29, 1.82) is 0 Å². The van der Waals surface area contributed by atoms with E-state index in [0.29, 0.717) is 10.3 Å². The molecule has 0 fully saturated rings. The van der Waals surface area contributed by atoms with Crippen LogP contribution in [0.2, 0.25) is 0 Å². The molecule has 1 aromatic heterocycles. The Hall–Kier alpha value is -1.15. The van der Waals surface area contributed by atoms with E-state index in [-0.39, 0.29) is 11.3 Å². The minimum atomic E-state index is -0.398. The van der Waals surface area contributed by atoms with Crippen molar-refractivity contribution < 1.29 is 9.90 Å². The molecule has 0 aliphatic rings.